The Morgan fingerprint density at radius 3 is 2.78 bits per heavy atom. The molecule has 0 amide bonds. The summed E-state index contributed by atoms with van der Waals surface area (Å²) in [4.78, 5) is 15.5. The molecule has 8 heteroatoms. The molecule has 4 rings (SSSR count). The zero-order valence-corrected chi connectivity index (χ0v) is 18.9. The van der Waals surface area contributed by atoms with Crippen molar-refractivity contribution in [3.05, 3.63) is 53.2 Å². The second-order valence-corrected chi connectivity index (χ2v) is 8.35. The third kappa shape index (κ3) is 4.48. The van der Waals surface area contributed by atoms with Crippen LogP contribution in [0.15, 0.2) is 47.1 Å². The molecule has 0 fully saturated rings. The summed E-state index contributed by atoms with van der Waals surface area (Å²) in [7, 11) is 1.97. The SMILES string of the molecule is CC(C)Oc1ccc(-c2nc(-c3ccc(CCCC(=O)O)c4c3ccn4C)no2)cc1Cl. The molecule has 4 aromatic rings. The number of nitrogens with zero attached hydrogens (tertiary/aromatic N) is 3. The maximum atomic E-state index is 10.9. The first kappa shape index (κ1) is 21.9. The number of aryl methyl sites for hydroxylation is 2. The number of aliphatic carboxylic acids is 1. The van der Waals surface area contributed by atoms with Gasteiger partial charge < -0.3 is 18.9 Å². The van der Waals surface area contributed by atoms with E-state index in [1.165, 1.54) is 0 Å². The van der Waals surface area contributed by atoms with Gasteiger partial charge in [-0.2, -0.15) is 4.98 Å². The zero-order valence-electron chi connectivity index (χ0n) is 18.1. The Morgan fingerprint density at radius 1 is 1.25 bits per heavy atom. The summed E-state index contributed by atoms with van der Waals surface area (Å²) in [5.74, 6) is 0.669. The number of halogens is 1. The van der Waals surface area contributed by atoms with E-state index in [0.29, 0.717) is 40.9 Å². The van der Waals surface area contributed by atoms with Crippen molar-refractivity contribution in [1.29, 1.82) is 0 Å². The molecule has 0 aliphatic heterocycles. The van der Waals surface area contributed by atoms with Gasteiger partial charge in [0, 0.05) is 36.2 Å². The van der Waals surface area contributed by atoms with Gasteiger partial charge in [-0.3, -0.25) is 4.79 Å². The summed E-state index contributed by atoms with van der Waals surface area (Å²) in [6, 6.07) is 11.4. The van der Waals surface area contributed by atoms with Crippen molar-refractivity contribution in [2.45, 2.75) is 39.2 Å². The van der Waals surface area contributed by atoms with Gasteiger partial charge in [-0.15, -0.1) is 0 Å². The number of carboxylic acid groups (broad SMARTS) is 1. The van der Waals surface area contributed by atoms with E-state index in [2.05, 4.69) is 10.1 Å². The van der Waals surface area contributed by atoms with Crippen LogP contribution in [0, 0.1) is 0 Å². The van der Waals surface area contributed by atoms with E-state index in [9.17, 15) is 4.79 Å². The van der Waals surface area contributed by atoms with Gasteiger partial charge in [0.2, 0.25) is 5.82 Å². The van der Waals surface area contributed by atoms with E-state index in [1.54, 1.807) is 12.1 Å². The van der Waals surface area contributed by atoms with Crippen molar-refractivity contribution in [3.63, 3.8) is 0 Å². The highest BCUT2D eigenvalue weighted by Gasteiger charge is 2.17. The number of rotatable bonds is 8. The van der Waals surface area contributed by atoms with Crippen LogP contribution in [0.25, 0.3) is 33.7 Å². The van der Waals surface area contributed by atoms with Gasteiger partial charge in [0.25, 0.3) is 5.89 Å². The lowest BCUT2D eigenvalue weighted by Gasteiger charge is -2.11. The molecule has 0 radical (unpaired) electrons. The second kappa shape index (κ2) is 9.04. The van der Waals surface area contributed by atoms with Gasteiger partial charge in [-0.25, -0.2) is 0 Å². The maximum absolute atomic E-state index is 10.9. The Kier molecular flexibility index (Phi) is 6.19. The summed E-state index contributed by atoms with van der Waals surface area (Å²) in [6.45, 7) is 3.88. The van der Waals surface area contributed by atoms with Gasteiger partial charge >= 0.3 is 5.97 Å². The molecule has 166 valence electrons. The Bertz CT molecular complexity index is 1280. The predicted molar refractivity (Wildman–Crippen MR) is 123 cm³/mol. The smallest absolute Gasteiger partial charge is 0.303 e. The van der Waals surface area contributed by atoms with Crippen LogP contribution in [0.4, 0.5) is 0 Å². The van der Waals surface area contributed by atoms with E-state index < -0.39 is 5.97 Å². The van der Waals surface area contributed by atoms with E-state index in [-0.39, 0.29) is 12.5 Å². The molecule has 0 spiro atoms. The summed E-state index contributed by atoms with van der Waals surface area (Å²) in [6.07, 6.45) is 3.41. The Hall–Kier alpha value is -3.32. The summed E-state index contributed by atoms with van der Waals surface area (Å²) in [5.41, 5.74) is 3.69. The lowest BCUT2D eigenvalue weighted by molar-refractivity contribution is -0.137. The van der Waals surface area contributed by atoms with Gasteiger partial charge in [0.15, 0.2) is 0 Å². The van der Waals surface area contributed by atoms with Crippen LogP contribution in [0.2, 0.25) is 5.02 Å². The van der Waals surface area contributed by atoms with Crippen LogP contribution in [-0.2, 0) is 18.3 Å². The summed E-state index contributed by atoms with van der Waals surface area (Å²) in [5, 5.41) is 14.6. The number of ether oxygens (including phenoxy) is 1. The highest BCUT2D eigenvalue weighted by Crippen LogP contribution is 2.34. The number of benzene rings is 2. The monoisotopic (exact) mass is 453 g/mol. The minimum absolute atomic E-state index is 0.0220. The van der Waals surface area contributed by atoms with Crippen molar-refractivity contribution >= 4 is 28.5 Å². The fourth-order valence-electron chi connectivity index (χ4n) is 3.76. The van der Waals surface area contributed by atoms with Crippen molar-refractivity contribution in [2.75, 3.05) is 0 Å². The lowest BCUT2D eigenvalue weighted by atomic mass is 10.0. The van der Waals surface area contributed by atoms with E-state index in [4.69, 9.17) is 26.0 Å². The van der Waals surface area contributed by atoms with Crippen LogP contribution < -0.4 is 4.74 Å². The number of fused-ring (bicyclic) bond motifs is 1. The standard InChI is InChI=1S/C24H24ClN3O4/c1-14(2)31-20-10-8-16(13-19(20)25)24-26-23(27-32-24)18-9-7-15(5-4-6-21(29)30)22-17(18)11-12-28(22)3/h7-14H,4-6H2,1-3H3,(H,29,30). The van der Waals surface area contributed by atoms with Crippen LogP contribution in [-0.4, -0.2) is 31.9 Å². The quantitative estimate of drug-likeness (QED) is 0.365. The van der Waals surface area contributed by atoms with Crippen molar-refractivity contribution in [2.24, 2.45) is 7.05 Å². The molecule has 2 heterocycles. The number of carbonyl (C=O) groups is 1. The van der Waals surface area contributed by atoms with Gasteiger partial charge in [-0.1, -0.05) is 28.9 Å². The van der Waals surface area contributed by atoms with Gasteiger partial charge in [0.05, 0.1) is 16.6 Å². The molecule has 0 unspecified atom stereocenters. The first-order valence-electron chi connectivity index (χ1n) is 10.4. The Balaban J connectivity index is 1.65. The largest absolute Gasteiger partial charge is 0.489 e. The lowest BCUT2D eigenvalue weighted by Crippen LogP contribution is -2.05. The van der Waals surface area contributed by atoms with Crippen LogP contribution in [0.5, 0.6) is 5.75 Å². The zero-order chi connectivity index (χ0) is 22.8. The third-order valence-corrected chi connectivity index (χ3v) is 5.46. The highest BCUT2D eigenvalue weighted by molar-refractivity contribution is 6.32. The fraction of sp³-hybridized carbons (Fsp3) is 0.292. The molecule has 0 atom stereocenters. The molecule has 0 aliphatic carbocycles. The molecule has 7 nitrogen and oxygen atoms in total. The molecule has 1 N–H and O–H groups in total. The molecule has 0 saturated carbocycles. The first-order valence-corrected chi connectivity index (χ1v) is 10.8. The third-order valence-electron chi connectivity index (χ3n) is 5.16. The first-order chi connectivity index (χ1) is 15.3. The average molecular weight is 454 g/mol. The maximum Gasteiger partial charge on any atom is 0.303 e. The number of carboxylic acids is 1. The summed E-state index contributed by atoms with van der Waals surface area (Å²) < 4.78 is 13.2. The van der Waals surface area contributed by atoms with Crippen LogP contribution in [0.1, 0.15) is 32.3 Å². The van der Waals surface area contributed by atoms with Crippen molar-refractivity contribution < 1.29 is 19.2 Å². The number of hydrogen-bond acceptors (Lipinski definition) is 5. The molecule has 2 aromatic carbocycles. The molecule has 0 saturated heterocycles. The minimum Gasteiger partial charge on any atom is -0.489 e. The van der Waals surface area contributed by atoms with Crippen LogP contribution in [0.3, 0.4) is 0 Å². The van der Waals surface area contributed by atoms with Crippen molar-refractivity contribution in [3.8, 4) is 28.6 Å². The highest BCUT2D eigenvalue weighted by atomic mass is 35.5. The fourth-order valence-corrected chi connectivity index (χ4v) is 3.98. The Morgan fingerprint density at radius 2 is 2.06 bits per heavy atom. The number of hydrogen-bond donors (Lipinski definition) is 1. The predicted octanol–water partition coefficient (Wildman–Crippen LogP) is 5.74. The number of aromatic nitrogens is 3. The molecule has 32 heavy (non-hydrogen) atoms. The molecule has 0 bridgehead atoms. The summed E-state index contributed by atoms with van der Waals surface area (Å²) >= 11 is 6.35. The topological polar surface area (TPSA) is 90.4 Å². The molecule has 0 aliphatic rings. The average Bonchev–Trinajstić information content (AvgIpc) is 3.37. The molecular weight excluding hydrogens is 430 g/mol. The van der Waals surface area contributed by atoms with Gasteiger partial charge in [-0.05, 0) is 56.5 Å². The molecule has 2 aromatic heterocycles. The second-order valence-electron chi connectivity index (χ2n) is 7.94. The Labute approximate surface area is 190 Å². The van der Waals surface area contributed by atoms with E-state index in [0.717, 1.165) is 22.0 Å². The van der Waals surface area contributed by atoms with E-state index >= 15 is 0 Å². The van der Waals surface area contributed by atoms with Gasteiger partial charge in [0.1, 0.15) is 5.75 Å². The molecular formula is C24H24ClN3O4. The van der Waals surface area contributed by atoms with Crippen LogP contribution >= 0.6 is 11.6 Å². The normalized spacial score (nSPS) is 11.4. The van der Waals surface area contributed by atoms with E-state index in [1.807, 2.05) is 55.9 Å². The van der Waals surface area contributed by atoms with Crippen molar-refractivity contribution in [1.82, 2.24) is 14.7 Å². The minimum atomic E-state index is -0.784.